The van der Waals surface area contributed by atoms with Crippen molar-refractivity contribution in [2.45, 2.75) is 26.2 Å². The molecule has 0 aromatic heterocycles. The molecule has 4 aromatic rings. The van der Waals surface area contributed by atoms with Gasteiger partial charge in [0.05, 0.1) is 25.9 Å². The van der Waals surface area contributed by atoms with Crippen molar-refractivity contribution in [1.82, 2.24) is 0 Å². The van der Waals surface area contributed by atoms with Crippen molar-refractivity contribution in [2.75, 3.05) is 20.3 Å². The highest BCUT2D eigenvalue weighted by Crippen LogP contribution is 2.36. The fraction of sp³-hybridized carbons (Fsp3) is 0.200. The molecule has 0 saturated carbocycles. The highest BCUT2D eigenvalue weighted by atomic mass is 19.1. The lowest BCUT2D eigenvalue weighted by Gasteiger charge is -2.16. The molecule has 0 heterocycles. The third-order valence-corrected chi connectivity index (χ3v) is 6.82. The summed E-state index contributed by atoms with van der Waals surface area (Å²) in [4.78, 5) is 25.8. The topological polar surface area (TPSA) is 82.1 Å². The van der Waals surface area contributed by atoms with Gasteiger partial charge in [-0.1, -0.05) is 55.5 Å². The Bertz CT molecular complexity index is 1580. The van der Waals surface area contributed by atoms with Crippen LogP contribution in [-0.4, -0.2) is 37.2 Å². The van der Waals surface area contributed by atoms with Crippen molar-refractivity contribution in [3.8, 4) is 28.4 Å². The van der Waals surface area contributed by atoms with E-state index in [9.17, 15) is 19.1 Å². The maximum atomic E-state index is 13.5. The molecule has 7 heteroatoms. The molecule has 0 aliphatic heterocycles. The smallest absolute Gasteiger partial charge is 0.338 e. The number of methoxy groups -OCH3 is 1. The molecular formula is C35H33FO6. The van der Waals surface area contributed by atoms with Crippen LogP contribution in [0.15, 0.2) is 91.5 Å². The van der Waals surface area contributed by atoms with Crippen molar-refractivity contribution in [3.63, 3.8) is 0 Å². The predicted molar refractivity (Wildman–Crippen MR) is 160 cm³/mol. The number of carbonyl (C=O) groups excluding carboxylic acids is 2. The summed E-state index contributed by atoms with van der Waals surface area (Å²) < 4.78 is 30.2. The van der Waals surface area contributed by atoms with E-state index < -0.39 is 5.97 Å². The van der Waals surface area contributed by atoms with E-state index in [1.54, 1.807) is 66.7 Å². The number of benzene rings is 4. The second-order valence-corrected chi connectivity index (χ2v) is 9.53. The number of esters is 1. The van der Waals surface area contributed by atoms with Crippen molar-refractivity contribution in [3.05, 3.63) is 125 Å². The van der Waals surface area contributed by atoms with E-state index >= 15 is 0 Å². The number of hydrogen-bond acceptors (Lipinski definition) is 6. The van der Waals surface area contributed by atoms with Gasteiger partial charge in [0.25, 0.3) is 0 Å². The Hall–Kier alpha value is -4.91. The lowest BCUT2D eigenvalue weighted by atomic mass is 9.93. The third-order valence-electron chi connectivity index (χ3n) is 6.82. The first-order chi connectivity index (χ1) is 20.4. The molecule has 0 aliphatic rings. The molecule has 0 fully saturated rings. The summed E-state index contributed by atoms with van der Waals surface area (Å²) in [7, 11) is 1.28. The van der Waals surface area contributed by atoms with Gasteiger partial charge in [-0.25, -0.2) is 9.18 Å². The first-order valence-corrected chi connectivity index (χ1v) is 13.7. The predicted octanol–water partition coefficient (Wildman–Crippen LogP) is 7.35. The third kappa shape index (κ3) is 6.86. The number of halogens is 1. The molecule has 0 bridgehead atoms. The van der Waals surface area contributed by atoms with Gasteiger partial charge in [0.2, 0.25) is 0 Å². The SMILES string of the molecule is C=CCc1c(OCCCOc2cc(O)c(-c3ccc(F)cc3)cc2CC)cccc1C(=O)c1ccccc1C(=O)OC. The van der Waals surface area contributed by atoms with Crippen LogP contribution in [0.2, 0.25) is 0 Å². The average molecular weight is 569 g/mol. The van der Waals surface area contributed by atoms with Crippen LogP contribution in [0, 0.1) is 5.82 Å². The second-order valence-electron chi connectivity index (χ2n) is 9.53. The second kappa shape index (κ2) is 14.1. The lowest BCUT2D eigenvalue weighted by molar-refractivity contribution is 0.0597. The van der Waals surface area contributed by atoms with E-state index in [4.69, 9.17) is 14.2 Å². The summed E-state index contributed by atoms with van der Waals surface area (Å²) in [5.41, 5.74) is 3.79. The molecule has 216 valence electrons. The number of ether oxygens (including phenoxy) is 3. The van der Waals surface area contributed by atoms with Crippen molar-refractivity contribution >= 4 is 11.8 Å². The molecule has 42 heavy (non-hydrogen) atoms. The summed E-state index contributed by atoms with van der Waals surface area (Å²) >= 11 is 0. The van der Waals surface area contributed by atoms with Gasteiger partial charge in [0.1, 0.15) is 23.1 Å². The minimum absolute atomic E-state index is 0.0504. The highest BCUT2D eigenvalue weighted by molar-refractivity contribution is 6.15. The zero-order valence-corrected chi connectivity index (χ0v) is 23.7. The van der Waals surface area contributed by atoms with Crippen LogP contribution >= 0.6 is 0 Å². The van der Waals surface area contributed by atoms with Gasteiger partial charge in [0, 0.05) is 34.7 Å². The summed E-state index contributed by atoms with van der Waals surface area (Å²) in [6, 6.07) is 21.2. The number of phenols is 1. The quantitative estimate of drug-likeness (QED) is 0.0786. The first-order valence-electron chi connectivity index (χ1n) is 13.7. The van der Waals surface area contributed by atoms with Crippen LogP contribution < -0.4 is 9.47 Å². The van der Waals surface area contributed by atoms with Gasteiger partial charge in [-0.15, -0.1) is 6.58 Å². The maximum absolute atomic E-state index is 13.5. The fourth-order valence-electron chi connectivity index (χ4n) is 4.69. The van der Waals surface area contributed by atoms with Crippen molar-refractivity contribution in [2.24, 2.45) is 0 Å². The molecule has 6 nitrogen and oxygen atoms in total. The number of hydrogen-bond donors (Lipinski definition) is 1. The fourth-order valence-corrected chi connectivity index (χ4v) is 4.69. The highest BCUT2D eigenvalue weighted by Gasteiger charge is 2.22. The summed E-state index contributed by atoms with van der Waals surface area (Å²) in [6.45, 7) is 6.48. The van der Waals surface area contributed by atoms with Gasteiger partial charge >= 0.3 is 5.97 Å². The largest absolute Gasteiger partial charge is 0.507 e. The molecule has 0 saturated heterocycles. The Morgan fingerprint density at radius 2 is 1.55 bits per heavy atom. The van der Waals surface area contributed by atoms with Crippen LogP contribution in [0.25, 0.3) is 11.1 Å². The standard InChI is InChI=1S/C35H33FO6/c1-4-10-26-27(34(38)28-11-6-7-12-29(28)35(39)40-3)13-8-14-32(26)41-19-9-20-42-33-22-31(37)30(21-23(33)5-2)24-15-17-25(36)18-16-24/h4,6-8,11-18,21-22,37H,1,5,9-10,19-20H2,2-3H3. The van der Waals surface area contributed by atoms with E-state index in [2.05, 4.69) is 6.58 Å². The molecule has 0 radical (unpaired) electrons. The average Bonchev–Trinajstić information content (AvgIpc) is 3.01. The molecule has 4 rings (SSSR count). The Kier molecular flexibility index (Phi) is 10.1. The Balaban J connectivity index is 1.44. The normalized spacial score (nSPS) is 10.6. The van der Waals surface area contributed by atoms with Crippen LogP contribution in [0.5, 0.6) is 17.2 Å². The molecule has 0 aliphatic carbocycles. The van der Waals surface area contributed by atoms with E-state index in [0.717, 1.165) is 5.56 Å². The number of carbonyl (C=O) groups is 2. The van der Waals surface area contributed by atoms with Gasteiger partial charge in [0.15, 0.2) is 5.78 Å². The van der Waals surface area contributed by atoms with Crippen LogP contribution in [-0.2, 0) is 17.6 Å². The van der Waals surface area contributed by atoms with E-state index in [0.29, 0.717) is 66.2 Å². The molecule has 0 amide bonds. The zero-order valence-electron chi connectivity index (χ0n) is 23.7. The summed E-state index contributed by atoms with van der Waals surface area (Å²) in [5.74, 6) is -0.0554. The number of aryl methyl sites for hydroxylation is 1. The van der Waals surface area contributed by atoms with Gasteiger partial charge in [-0.3, -0.25) is 4.79 Å². The summed E-state index contributed by atoms with van der Waals surface area (Å²) in [5, 5.41) is 10.6. The molecule has 1 N–H and O–H groups in total. The minimum Gasteiger partial charge on any atom is -0.507 e. The van der Waals surface area contributed by atoms with Gasteiger partial charge in [-0.05, 0) is 54.3 Å². The van der Waals surface area contributed by atoms with E-state index in [1.165, 1.54) is 19.2 Å². The van der Waals surface area contributed by atoms with Crippen LogP contribution in [0.3, 0.4) is 0 Å². The Labute approximate surface area is 245 Å². The molecule has 0 spiro atoms. The monoisotopic (exact) mass is 568 g/mol. The van der Waals surface area contributed by atoms with E-state index in [-0.39, 0.29) is 28.5 Å². The zero-order chi connectivity index (χ0) is 30.1. The first kappa shape index (κ1) is 30.1. The molecule has 0 unspecified atom stereocenters. The summed E-state index contributed by atoms with van der Waals surface area (Å²) in [6.07, 6.45) is 3.32. The van der Waals surface area contributed by atoms with Crippen LogP contribution in [0.1, 0.15) is 50.8 Å². The number of ketones is 1. The minimum atomic E-state index is -0.582. The van der Waals surface area contributed by atoms with Crippen LogP contribution in [0.4, 0.5) is 4.39 Å². The van der Waals surface area contributed by atoms with Gasteiger partial charge in [-0.2, -0.15) is 0 Å². The number of aromatic hydroxyl groups is 1. The number of allylic oxidation sites excluding steroid dienone is 1. The molecule has 4 aromatic carbocycles. The molecular weight excluding hydrogens is 535 g/mol. The Morgan fingerprint density at radius 3 is 2.21 bits per heavy atom. The molecule has 0 atom stereocenters. The Morgan fingerprint density at radius 1 is 0.881 bits per heavy atom. The number of rotatable bonds is 13. The van der Waals surface area contributed by atoms with Crippen molar-refractivity contribution in [1.29, 1.82) is 0 Å². The van der Waals surface area contributed by atoms with Crippen molar-refractivity contribution < 1.29 is 33.3 Å². The lowest BCUT2D eigenvalue weighted by Crippen LogP contribution is -2.14. The number of phenolic OH excluding ortho intramolecular Hbond substituents is 1. The maximum Gasteiger partial charge on any atom is 0.338 e. The van der Waals surface area contributed by atoms with E-state index in [1.807, 2.05) is 13.0 Å². The van der Waals surface area contributed by atoms with Gasteiger partial charge < -0.3 is 19.3 Å².